The number of hydrogen-bond acceptors (Lipinski definition) is 6. The van der Waals surface area contributed by atoms with Gasteiger partial charge in [-0.1, -0.05) is 20.8 Å². The van der Waals surface area contributed by atoms with Gasteiger partial charge in [-0.2, -0.15) is 0 Å². The second-order valence-electron chi connectivity index (χ2n) is 8.11. The first-order chi connectivity index (χ1) is 12.4. The number of aromatic nitrogens is 3. The minimum absolute atomic E-state index is 0.0119. The Balaban J connectivity index is 1.39. The van der Waals surface area contributed by atoms with Crippen molar-refractivity contribution in [2.75, 3.05) is 36.4 Å². The number of amides is 2. The second kappa shape index (κ2) is 6.50. The van der Waals surface area contributed by atoms with E-state index in [1.165, 1.54) is 11.3 Å². The van der Waals surface area contributed by atoms with E-state index >= 15 is 0 Å². The molecule has 0 aromatic carbocycles. The largest absolute Gasteiger partial charge is 0.356 e. The molecule has 0 radical (unpaired) electrons. The topological polar surface area (TPSA) is 74.2 Å². The summed E-state index contributed by atoms with van der Waals surface area (Å²) in [6, 6.07) is 2.06. The van der Waals surface area contributed by atoms with Crippen LogP contribution in [0.5, 0.6) is 0 Å². The minimum atomic E-state index is -0.0436. The number of nitrogens with one attached hydrogen (secondary N) is 1. The summed E-state index contributed by atoms with van der Waals surface area (Å²) in [5, 5.41) is 5.40. The molecule has 2 aliphatic heterocycles. The zero-order valence-corrected chi connectivity index (χ0v) is 16.2. The van der Waals surface area contributed by atoms with Gasteiger partial charge >= 0.3 is 6.03 Å². The van der Waals surface area contributed by atoms with Crippen molar-refractivity contribution in [3.63, 3.8) is 0 Å². The quantitative estimate of drug-likeness (QED) is 0.877. The molecule has 4 heterocycles. The van der Waals surface area contributed by atoms with E-state index in [0.29, 0.717) is 17.0 Å². The number of urea groups is 1. The number of rotatable bonds is 2. The lowest BCUT2D eigenvalue weighted by molar-refractivity contribution is 0.219. The zero-order valence-electron chi connectivity index (χ0n) is 15.3. The van der Waals surface area contributed by atoms with Gasteiger partial charge in [0.2, 0.25) is 0 Å². The molecule has 2 atom stereocenters. The third-order valence-electron chi connectivity index (χ3n) is 5.16. The smallest absolute Gasteiger partial charge is 0.323 e. The van der Waals surface area contributed by atoms with Crippen LogP contribution in [0.1, 0.15) is 26.5 Å². The molecular weight excluding hydrogens is 348 g/mol. The van der Waals surface area contributed by atoms with Crippen LogP contribution in [0, 0.1) is 11.8 Å². The second-order valence-corrected chi connectivity index (χ2v) is 9.00. The van der Waals surface area contributed by atoms with Crippen molar-refractivity contribution in [2.45, 2.75) is 26.2 Å². The predicted octanol–water partition coefficient (Wildman–Crippen LogP) is 2.83. The number of hydrogen-bond donors (Lipinski definition) is 1. The van der Waals surface area contributed by atoms with Gasteiger partial charge in [-0.15, -0.1) is 11.3 Å². The molecule has 2 fully saturated rings. The normalized spacial score (nSPS) is 22.6. The zero-order chi connectivity index (χ0) is 18.3. The SMILES string of the molecule is CC(C)(C)c1cc(N2CC3CN(C(=O)Nc4nccs4)CC3C2)ncn1. The van der Waals surface area contributed by atoms with Crippen molar-refractivity contribution in [3.05, 3.63) is 29.7 Å². The first-order valence-corrected chi connectivity index (χ1v) is 9.81. The van der Waals surface area contributed by atoms with Crippen LogP contribution in [0.4, 0.5) is 15.7 Å². The summed E-state index contributed by atoms with van der Waals surface area (Å²) in [4.78, 5) is 29.7. The average molecular weight is 372 g/mol. The molecule has 2 amide bonds. The van der Waals surface area contributed by atoms with Crippen molar-refractivity contribution in [1.82, 2.24) is 19.9 Å². The first kappa shape index (κ1) is 17.2. The maximum absolute atomic E-state index is 12.4. The fraction of sp³-hybridized carbons (Fsp3) is 0.556. The Morgan fingerprint density at radius 2 is 1.88 bits per heavy atom. The fourth-order valence-corrected chi connectivity index (χ4v) is 4.25. The summed E-state index contributed by atoms with van der Waals surface area (Å²) >= 11 is 1.44. The predicted molar refractivity (Wildman–Crippen MR) is 103 cm³/mol. The van der Waals surface area contributed by atoms with Gasteiger partial charge in [0, 0.05) is 61.1 Å². The maximum atomic E-state index is 12.4. The summed E-state index contributed by atoms with van der Waals surface area (Å²) in [6.45, 7) is 9.94. The van der Waals surface area contributed by atoms with Gasteiger partial charge in [-0.25, -0.2) is 19.7 Å². The van der Waals surface area contributed by atoms with Crippen molar-refractivity contribution >= 4 is 28.3 Å². The van der Waals surface area contributed by atoms with Crippen LogP contribution >= 0.6 is 11.3 Å². The lowest BCUT2D eigenvalue weighted by atomic mass is 9.92. The van der Waals surface area contributed by atoms with Crippen LogP contribution in [0.2, 0.25) is 0 Å². The van der Waals surface area contributed by atoms with E-state index in [1.807, 2.05) is 10.3 Å². The monoisotopic (exact) mass is 372 g/mol. The molecule has 2 aliphatic rings. The summed E-state index contributed by atoms with van der Waals surface area (Å²) in [7, 11) is 0. The summed E-state index contributed by atoms with van der Waals surface area (Å²) in [6.07, 6.45) is 3.36. The number of nitrogens with zero attached hydrogens (tertiary/aromatic N) is 5. The molecule has 138 valence electrons. The van der Waals surface area contributed by atoms with E-state index in [-0.39, 0.29) is 11.4 Å². The van der Waals surface area contributed by atoms with E-state index < -0.39 is 0 Å². The number of carbonyl (C=O) groups excluding carboxylic acids is 1. The van der Waals surface area contributed by atoms with E-state index in [9.17, 15) is 4.79 Å². The lowest BCUT2D eigenvalue weighted by Gasteiger charge is -2.24. The van der Waals surface area contributed by atoms with Gasteiger partial charge in [0.05, 0.1) is 5.69 Å². The van der Waals surface area contributed by atoms with Gasteiger partial charge in [-0.05, 0) is 0 Å². The molecule has 1 N–H and O–H groups in total. The van der Waals surface area contributed by atoms with E-state index in [4.69, 9.17) is 0 Å². The van der Waals surface area contributed by atoms with Crippen LogP contribution in [0.15, 0.2) is 24.0 Å². The third kappa shape index (κ3) is 3.38. The Morgan fingerprint density at radius 3 is 2.50 bits per heavy atom. The van der Waals surface area contributed by atoms with E-state index in [1.54, 1.807) is 12.5 Å². The molecule has 2 unspecified atom stereocenters. The van der Waals surface area contributed by atoms with Gasteiger partial charge in [0.15, 0.2) is 5.13 Å². The first-order valence-electron chi connectivity index (χ1n) is 8.93. The number of likely N-dealkylation sites (tertiary alicyclic amines) is 1. The summed E-state index contributed by atoms with van der Waals surface area (Å²) in [5.74, 6) is 1.98. The van der Waals surface area contributed by atoms with Gasteiger partial charge < -0.3 is 9.80 Å². The highest BCUT2D eigenvalue weighted by Crippen LogP contribution is 2.34. The lowest BCUT2D eigenvalue weighted by Crippen LogP contribution is -2.36. The molecule has 2 aromatic heterocycles. The Morgan fingerprint density at radius 1 is 1.15 bits per heavy atom. The Bertz CT molecular complexity index is 773. The van der Waals surface area contributed by atoms with Crippen LogP contribution in [-0.2, 0) is 5.41 Å². The van der Waals surface area contributed by atoms with E-state index in [0.717, 1.165) is 37.7 Å². The molecule has 0 aliphatic carbocycles. The Hall–Kier alpha value is -2.22. The Kier molecular flexibility index (Phi) is 4.30. The highest BCUT2D eigenvalue weighted by atomic mass is 32.1. The molecular formula is C18H24N6OS. The molecule has 0 spiro atoms. The van der Waals surface area contributed by atoms with Gasteiger partial charge in [0.1, 0.15) is 12.1 Å². The van der Waals surface area contributed by atoms with Crippen LogP contribution in [-0.4, -0.2) is 52.1 Å². The molecule has 7 nitrogen and oxygen atoms in total. The van der Waals surface area contributed by atoms with E-state index in [2.05, 4.69) is 52.0 Å². The van der Waals surface area contributed by atoms with Gasteiger partial charge in [-0.3, -0.25) is 5.32 Å². The summed E-state index contributed by atoms with van der Waals surface area (Å²) < 4.78 is 0. The molecule has 26 heavy (non-hydrogen) atoms. The number of anilines is 2. The Labute approximate surface area is 157 Å². The van der Waals surface area contributed by atoms with Crippen LogP contribution in [0.25, 0.3) is 0 Å². The highest BCUT2D eigenvalue weighted by molar-refractivity contribution is 7.13. The minimum Gasteiger partial charge on any atom is -0.356 e. The molecule has 8 heteroatoms. The summed E-state index contributed by atoms with van der Waals surface area (Å²) in [5.41, 5.74) is 1.07. The van der Waals surface area contributed by atoms with Crippen LogP contribution < -0.4 is 10.2 Å². The maximum Gasteiger partial charge on any atom is 0.323 e. The molecule has 0 saturated carbocycles. The number of fused-ring (bicyclic) bond motifs is 1. The van der Waals surface area contributed by atoms with Crippen LogP contribution in [0.3, 0.4) is 0 Å². The molecule has 2 saturated heterocycles. The number of carbonyl (C=O) groups is 1. The van der Waals surface area contributed by atoms with Crippen molar-refractivity contribution in [3.8, 4) is 0 Å². The van der Waals surface area contributed by atoms with Gasteiger partial charge in [0.25, 0.3) is 0 Å². The fourth-order valence-electron chi connectivity index (χ4n) is 3.73. The highest BCUT2D eigenvalue weighted by Gasteiger charge is 2.42. The van der Waals surface area contributed by atoms with Crippen molar-refractivity contribution in [1.29, 1.82) is 0 Å². The molecule has 0 bridgehead atoms. The number of thiazole rings is 1. The third-order valence-corrected chi connectivity index (χ3v) is 5.85. The van der Waals surface area contributed by atoms with Crippen molar-refractivity contribution in [2.24, 2.45) is 11.8 Å². The average Bonchev–Trinajstić information content (AvgIpc) is 3.29. The standard InChI is InChI=1S/C18H24N6OS/c1-18(2,3)14-6-15(21-11-20-14)23-7-12-9-24(10-13(12)8-23)17(25)22-16-19-4-5-26-16/h4-6,11-13H,7-10H2,1-3H3,(H,19,22,25). The van der Waals surface area contributed by atoms with Crippen molar-refractivity contribution < 1.29 is 4.79 Å². The molecule has 2 aromatic rings. The molecule has 4 rings (SSSR count).